The fourth-order valence-corrected chi connectivity index (χ4v) is 4.22. The van der Waals surface area contributed by atoms with Gasteiger partial charge in [0.1, 0.15) is 0 Å². The summed E-state index contributed by atoms with van der Waals surface area (Å²) in [6.07, 6.45) is 4.90. The first-order valence-corrected chi connectivity index (χ1v) is 9.89. The van der Waals surface area contributed by atoms with E-state index in [4.69, 9.17) is 4.74 Å². The zero-order chi connectivity index (χ0) is 16.7. The Kier molecular flexibility index (Phi) is 4.23. The number of nitrogens with zero attached hydrogens (tertiary/aromatic N) is 1. The van der Waals surface area contributed by atoms with Crippen molar-refractivity contribution in [1.82, 2.24) is 4.90 Å². The van der Waals surface area contributed by atoms with E-state index in [9.17, 15) is 13.2 Å². The van der Waals surface area contributed by atoms with Crippen LogP contribution in [0.25, 0.3) is 0 Å². The summed E-state index contributed by atoms with van der Waals surface area (Å²) in [6.45, 7) is 1.39. The molecular weight excluding hydrogens is 314 g/mol. The third kappa shape index (κ3) is 2.90. The van der Waals surface area contributed by atoms with Crippen LogP contribution in [-0.2, 0) is 24.8 Å². The van der Waals surface area contributed by atoms with Crippen molar-refractivity contribution in [2.24, 2.45) is 0 Å². The van der Waals surface area contributed by atoms with Crippen molar-refractivity contribution in [3.63, 3.8) is 0 Å². The molecule has 1 atom stereocenters. The first-order chi connectivity index (χ1) is 10.9. The minimum atomic E-state index is -3.21. The molecular formula is C17H23NO4S. The van der Waals surface area contributed by atoms with Crippen molar-refractivity contribution in [2.45, 2.75) is 42.1 Å². The Bertz CT molecular complexity index is 692. The van der Waals surface area contributed by atoms with Crippen LogP contribution in [0, 0.1) is 0 Å². The average Bonchev–Trinajstić information content (AvgIpc) is 2.94. The highest BCUT2D eigenvalue weighted by Crippen LogP contribution is 2.45. The predicted molar refractivity (Wildman–Crippen MR) is 87.1 cm³/mol. The summed E-state index contributed by atoms with van der Waals surface area (Å²) >= 11 is 0. The average molecular weight is 337 g/mol. The first-order valence-electron chi connectivity index (χ1n) is 7.99. The van der Waals surface area contributed by atoms with Crippen molar-refractivity contribution in [1.29, 1.82) is 0 Å². The molecule has 0 unspecified atom stereocenters. The van der Waals surface area contributed by atoms with Crippen LogP contribution in [0.3, 0.4) is 0 Å². The molecule has 0 bridgehead atoms. The number of sulfone groups is 1. The molecule has 1 amide bonds. The molecule has 5 nitrogen and oxygen atoms in total. The number of benzene rings is 1. The molecule has 6 heteroatoms. The number of rotatable bonds is 4. The van der Waals surface area contributed by atoms with Crippen LogP contribution in [0.4, 0.5) is 0 Å². The Morgan fingerprint density at radius 2 is 1.91 bits per heavy atom. The highest BCUT2D eigenvalue weighted by molar-refractivity contribution is 7.90. The summed E-state index contributed by atoms with van der Waals surface area (Å²) in [5.41, 5.74) is 0.459. The predicted octanol–water partition coefficient (Wildman–Crippen LogP) is 1.76. The second kappa shape index (κ2) is 5.91. The molecule has 126 valence electrons. The van der Waals surface area contributed by atoms with Gasteiger partial charge in [0.05, 0.1) is 16.4 Å². The smallest absolute Gasteiger partial charge is 0.233 e. The molecule has 2 aliphatic rings. The number of likely N-dealkylation sites (tertiary alicyclic amines) is 1. The summed E-state index contributed by atoms with van der Waals surface area (Å²) in [6, 6.07) is 6.83. The van der Waals surface area contributed by atoms with E-state index < -0.39 is 15.3 Å². The van der Waals surface area contributed by atoms with Gasteiger partial charge in [-0.1, -0.05) is 18.6 Å². The lowest BCUT2D eigenvalue weighted by Crippen LogP contribution is -2.50. The van der Waals surface area contributed by atoms with Gasteiger partial charge in [0.15, 0.2) is 9.84 Å². The Hall–Kier alpha value is -1.40. The van der Waals surface area contributed by atoms with Crippen LogP contribution >= 0.6 is 0 Å². The van der Waals surface area contributed by atoms with Crippen molar-refractivity contribution < 1.29 is 17.9 Å². The van der Waals surface area contributed by atoms with Crippen LogP contribution in [-0.4, -0.2) is 51.8 Å². The van der Waals surface area contributed by atoms with Gasteiger partial charge in [-0.2, -0.15) is 0 Å². The molecule has 3 rings (SSSR count). The van der Waals surface area contributed by atoms with E-state index in [0.29, 0.717) is 11.4 Å². The molecule has 1 saturated carbocycles. The molecule has 1 aromatic carbocycles. The molecule has 0 aromatic heterocycles. The normalized spacial score (nSPS) is 23.6. The molecule has 1 heterocycles. The van der Waals surface area contributed by atoms with E-state index in [1.54, 1.807) is 31.4 Å². The topological polar surface area (TPSA) is 63.7 Å². The largest absolute Gasteiger partial charge is 0.380 e. The van der Waals surface area contributed by atoms with Crippen LogP contribution in [0.5, 0.6) is 0 Å². The highest BCUT2D eigenvalue weighted by Gasteiger charge is 2.48. The highest BCUT2D eigenvalue weighted by atomic mass is 32.2. The molecule has 23 heavy (non-hydrogen) atoms. The van der Waals surface area contributed by atoms with E-state index in [2.05, 4.69) is 0 Å². The van der Waals surface area contributed by atoms with Crippen molar-refractivity contribution in [3.05, 3.63) is 29.8 Å². The lowest BCUT2D eigenvalue weighted by atomic mass is 9.63. The zero-order valence-corrected chi connectivity index (χ0v) is 14.4. The van der Waals surface area contributed by atoms with Gasteiger partial charge in [0, 0.05) is 26.5 Å². The van der Waals surface area contributed by atoms with E-state index in [1.165, 1.54) is 6.26 Å². The molecule has 1 saturated heterocycles. The van der Waals surface area contributed by atoms with Gasteiger partial charge < -0.3 is 9.64 Å². The molecule has 2 fully saturated rings. The van der Waals surface area contributed by atoms with E-state index >= 15 is 0 Å². The maximum atomic E-state index is 13.0. The molecule has 1 aromatic rings. The third-order valence-electron chi connectivity index (χ3n) is 5.22. The van der Waals surface area contributed by atoms with Crippen LogP contribution in [0.1, 0.15) is 31.2 Å². The quantitative estimate of drug-likeness (QED) is 0.840. The number of carbonyl (C=O) groups is 1. The van der Waals surface area contributed by atoms with Gasteiger partial charge in [-0.3, -0.25) is 4.79 Å². The van der Waals surface area contributed by atoms with Crippen LogP contribution in [0.15, 0.2) is 29.2 Å². The molecule has 1 aliphatic carbocycles. The van der Waals surface area contributed by atoms with Crippen molar-refractivity contribution in [2.75, 3.05) is 26.5 Å². The van der Waals surface area contributed by atoms with E-state index in [-0.39, 0.29) is 12.0 Å². The van der Waals surface area contributed by atoms with Crippen LogP contribution < -0.4 is 0 Å². The number of ether oxygens (including phenoxy) is 1. The number of hydrogen-bond acceptors (Lipinski definition) is 4. The lowest BCUT2D eigenvalue weighted by Gasteiger charge is -2.43. The fraction of sp³-hybridized carbons (Fsp3) is 0.588. The van der Waals surface area contributed by atoms with Crippen molar-refractivity contribution >= 4 is 15.7 Å². The first kappa shape index (κ1) is 16.5. The number of carbonyl (C=O) groups excluding carboxylic acids is 1. The summed E-state index contributed by atoms with van der Waals surface area (Å²) in [5.74, 6) is 0.162. The molecule has 1 aliphatic heterocycles. The van der Waals surface area contributed by atoms with Crippen molar-refractivity contribution in [3.8, 4) is 0 Å². The third-order valence-corrected chi connectivity index (χ3v) is 6.35. The monoisotopic (exact) mass is 337 g/mol. The molecule has 0 radical (unpaired) electrons. The summed E-state index contributed by atoms with van der Waals surface area (Å²) < 4.78 is 28.6. The summed E-state index contributed by atoms with van der Waals surface area (Å²) in [7, 11) is -1.53. The van der Waals surface area contributed by atoms with Gasteiger partial charge in [-0.15, -0.1) is 0 Å². The van der Waals surface area contributed by atoms with Crippen LogP contribution in [0.2, 0.25) is 0 Å². The van der Waals surface area contributed by atoms with E-state index in [0.717, 1.165) is 37.8 Å². The minimum Gasteiger partial charge on any atom is -0.380 e. The van der Waals surface area contributed by atoms with Gasteiger partial charge >= 0.3 is 0 Å². The second-order valence-corrected chi connectivity index (χ2v) is 8.65. The minimum absolute atomic E-state index is 0.128. The fourth-order valence-electron chi connectivity index (χ4n) is 3.59. The summed E-state index contributed by atoms with van der Waals surface area (Å²) in [4.78, 5) is 15.2. The Labute approximate surface area is 137 Å². The van der Waals surface area contributed by atoms with Gasteiger partial charge in [0.25, 0.3) is 0 Å². The zero-order valence-electron chi connectivity index (χ0n) is 13.6. The SMILES string of the molecule is CO[C@@H]1CCN(C(=O)C2(c3ccc(S(C)(=O)=O)cc3)CCC2)C1. The maximum Gasteiger partial charge on any atom is 0.233 e. The number of amides is 1. The molecule has 0 N–H and O–H groups in total. The van der Waals surface area contributed by atoms with Gasteiger partial charge in [0.2, 0.25) is 5.91 Å². The van der Waals surface area contributed by atoms with Gasteiger partial charge in [-0.05, 0) is 37.0 Å². The summed E-state index contributed by atoms with van der Waals surface area (Å²) in [5, 5.41) is 0. The second-order valence-electron chi connectivity index (χ2n) is 6.63. The Balaban J connectivity index is 1.85. The van der Waals surface area contributed by atoms with E-state index in [1.807, 2.05) is 4.90 Å². The maximum absolute atomic E-state index is 13.0. The van der Waals surface area contributed by atoms with Gasteiger partial charge in [-0.25, -0.2) is 8.42 Å². The Morgan fingerprint density at radius 3 is 2.35 bits per heavy atom. The number of methoxy groups -OCH3 is 1. The number of hydrogen-bond donors (Lipinski definition) is 0. The lowest BCUT2D eigenvalue weighted by molar-refractivity contribution is -0.140. The molecule has 0 spiro atoms. The standard InChI is InChI=1S/C17H23NO4S/c1-22-14-8-11-18(12-14)16(19)17(9-3-10-17)13-4-6-15(7-5-13)23(2,20)21/h4-7,14H,3,8-12H2,1-2H3/t14-/m1/s1. The Morgan fingerprint density at radius 1 is 1.26 bits per heavy atom.